The summed E-state index contributed by atoms with van der Waals surface area (Å²) in [4.78, 5) is 20.7. The highest BCUT2D eigenvalue weighted by molar-refractivity contribution is 5.93. The van der Waals surface area contributed by atoms with Crippen LogP contribution in [0.5, 0.6) is 0 Å². The predicted octanol–water partition coefficient (Wildman–Crippen LogP) is 4.03. The number of aromatic amines is 1. The minimum atomic E-state index is -0.0548. The largest absolute Gasteiger partial charge is 0.358 e. The van der Waals surface area contributed by atoms with Gasteiger partial charge >= 0.3 is 0 Å². The number of carbonyl (C=O) groups is 1. The average molecular weight is 352 g/mol. The van der Waals surface area contributed by atoms with Gasteiger partial charge in [-0.2, -0.15) is 0 Å². The molecule has 5 nitrogen and oxygen atoms in total. The molecule has 0 aliphatic heterocycles. The molecule has 0 bridgehead atoms. The van der Waals surface area contributed by atoms with Gasteiger partial charge in [0, 0.05) is 36.0 Å². The molecule has 0 aliphatic carbocycles. The summed E-state index contributed by atoms with van der Waals surface area (Å²) in [5.41, 5.74) is 5.70. The van der Waals surface area contributed by atoms with E-state index < -0.39 is 0 Å². The highest BCUT2D eigenvalue weighted by atomic mass is 16.1. The van der Waals surface area contributed by atoms with Crippen LogP contribution in [0.25, 0.3) is 10.9 Å². The van der Waals surface area contributed by atoms with E-state index in [2.05, 4.69) is 48.2 Å². The molecular formula is C21H28N4O. The molecule has 2 N–H and O–H groups in total. The van der Waals surface area contributed by atoms with E-state index in [9.17, 15) is 4.79 Å². The van der Waals surface area contributed by atoms with Crippen LogP contribution < -0.4 is 5.32 Å². The second-order valence-corrected chi connectivity index (χ2v) is 7.16. The third-order valence-electron chi connectivity index (χ3n) is 5.11. The van der Waals surface area contributed by atoms with Gasteiger partial charge in [0.15, 0.2) is 0 Å². The summed E-state index contributed by atoms with van der Waals surface area (Å²) < 4.78 is 1.98. The lowest BCUT2D eigenvalue weighted by molar-refractivity contribution is -0.121. The van der Waals surface area contributed by atoms with Gasteiger partial charge in [-0.3, -0.25) is 4.79 Å². The zero-order valence-electron chi connectivity index (χ0n) is 16.3. The highest BCUT2D eigenvalue weighted by Crippen LogP contribution is 2.28. The second kappa shape index (κ2) is 7.36. The van der Waals surface area contributed by atoms with Crippen molar-refractivity contribution in [1.82, 2.24) is 19.9 Å². The number of aromatic nitrogens is 3. The molecular weight excluding hydrogens is 324 g/mol. The van der Waals surface area contributed by atoms with Crippen molar-refractivity contribution in [2.45, 2.75) is 53.0 Å². The van der Waals surface area contributed by atoms with E-state index in [1.807, 2.05) is 24.7 Å². The van der Waals surface area contributed by atoms with Gasteiger partial charge in [0.2, 0.25) is 5.91 Å². The molecule has 3 aromatic rings. The van der Waals surface area contributed by atoms with Crippen LogP contribution >= 0.6 is 0 Å². The smallest absolute Gasteiger partial charge is 0.225 e. The van der Waals surface area contributed by atoms with Crippen molar-refractivity contribution in [1.29, 1.82) is 0 Å². The number of nitrogens with zero attached hydrogens (tertiary/aromatic N) is 2. The minimum Gasteiger partial charge on any atom is -0.358 e. The molecule has 2 aromatic heterocycles. The van der Waals surface area contributed by atoms with E-state index in [0.29, 0.717) is 6.42 Å². The molecule has 0 radical (unpaired) electrons. The van der Waals surface area contributed by atoms with Crippen LogP contribution in [0.3, 0.4) is 0 Å². The molecule has 0 spiro atoms. The molecule has 0 unspecified atom stereocenters. The Morgan fingerprint density at radius 1 is 1.27 bits per heavy atom. The Balaban J connectivity index is 1.86. The molecule has 0 saturated carbocycles. The number of rotatable bonds is 6. The summed E-state index contributed by atoms with van der Waals surface area (Å²) in [6.07, 6.45) is 5.94. The first kappa shape index (κ1) is 18.2. The maximum Gasteiger partial charge on any atom is 0.225 e. The van der Waals surface area contributed by atoms with E-state index in [1.54, 1.807) is 6.20 Å². The van der Waals surface area contributed by atoms with Gasteiger partial charge in [-0.15, -0.1) is 0 Å². The number of benzene rings is 1. The Kier molecular flexibility index (Phi) is 5.16. The van der Waals surface area contributed by atoms with Crippen molar-refractivity contribution < 1.29 is 4.79 Å². The molecule has 0 fully saturated rings. The maximum absolute atomic E-state index is 12.8. The van der Waals surface area contributed by atoms with Crippen LogP contribution in [0.2, 0.25) is 0 Å². The Morgan fingerprint density at radius 3 is 2.65 bits per heavy atom. The van der Waals surface area contributed by atoms with Crippen LogP contribution in [0, 0.1) is 20.8 Å². The average Bonchev–Trinajstić information content (AvgIpc) is 3.15. The fourth-order valence-electron chi connectivity index (χ4n) is 3.71. The lowest BCUT2D eigenvalue weighted by Gasteiger charge is -2.18. The number of fused-ring (bicyclic) bond motifs is 1. The lowest BCUT2D eigenvalue weighted by Crippen LogP contribution is -2.31. The third-order valence-corrected chi connectivity index (χ3v) is 5.11. The summed E-state index contributed by atoms with van der Waals surface area (Å²) in [6.45, 7) is 8.37. The number of hydrogen-bond donors (Lipinski definition) is 2. The zero-order chi connectivity index (χ0) is 18.8. The fraction of sp³-hybridized carbons (Fsp3) is 0.429. The first-order valence-electron chi connectivity index (χ1n) is 9.26. The van der Waals surface area contributed by atoms with Crippen LogP contribution in [0.1, 0.15) is 54.0 Å². The number of amides is 1. The van der Waals surface area contributed by atoms with E-state index in [-0.39, 0.29) is 11.9 Å². The van der Waals surface area contributed by atoms with Gasteiger partial charge in [0.1, 0.15) is 5.82 Å². The molecule has 3 rings (SSSR count). The molecule has 1 aromatic carbocycles. The lowest BCUT2D eigenvalue weighted by atomic mass is 10.0. The SMILES string of the molecule is CCC[C@@H](NC(=O)Cc1c(C)[nH]c2c(C)ccc(C)c12)c1nccn1C. The van der Waals surface area contributed by atoms with Crippen molar-refractivity contribution in [3.05, 3.63) is 52.7 Å². The standard InChI is InChI=1S/C21H28N4O/c1-6-7-17(21-22-10-11-25(21)5)24-18(26)12-16-15(4)23-20-14(3)9-8-13(2)19(16)20/h8-11,17,23H,6-7,12H2,1-5H3,(H,24,26)/t17-/m1/s1. The molecule has 138 valence electrons. The second-order valence-electron chi connectivity index (χ2n) is 7.16. The number of aryl methyl sites for hydroxylation is 4. The summed E-state index contributed by atoms with van der Waals surface area (Å²) >= 11 is 0. The molecule has 0 saturated heterocycles. The highest BCUT2D eigenvalue weighted by Gasteiger charge is 2.20. The quantitative estimate of drug-likeness (QED) is 0.703. The molecule has 5 heteroatoms. The van der Waals surface area contributed by atoms with Crippen LogP contribution in [-0.2, 0) is 18.3 Å². The van der Waals surface area contributed by atoms with Crippen molar-refractivity contribution in [2.75, 3.05) is 0 Å². The number of H-pyrrole nitrogens is 1. The molecule has 1 amide bonds. The molecule has 0 aliphatic rings. The van der Waals surface area contributed by atoms with Gasteiger partial charge < -0.3 is 14.9 Å². The Bertz CT molecular complexity index is 935. The summed E-state index contributed by atoms with van der Waals surface area (Å²) in [5, 5.41) is 4.37. The van der Waals surface area contributed by atoms with Crippen molar-refractivity contribution in [3.8, 4) is 0 Å². The Morgan fingerprint density at radius 2 is 2.00 bits per heavy atom. The summed E-state index contributed by atoms with van der Waals surface area (Å²) in [7, 11) is 1.97. The predicted molar refractivity (Wildman–Crippen MR) is 105 cm³/mol. The van der Waals surface area contributed by atoms with Gasteiger partial charge in [-0.25, -0.2) is 4.98 Å². The van der Waals surface area contributed by atoms with Crippen molar-refractivity contribution >= 4 is 16.8 Å². The normalized spacial score (nSPS) is 12.5. The number of carbonyl (C=O) groups excluding carboxylic acids is 1. The van der Waals surface area contributed by atoms with E-state index in [1.165, 1.54) is 16.5 Å². The zero-order valence-corrected chi connectivity index (χ0v) is 16.3. The van der Waals surface area contributed by atoms with Gasteiger partial charge in [-0.1, -0.05) is 25.5 Å². The summed E-state index contributed by atoms with van der Waals surface area (Å²) in [6, 6.07) is 4.19. The molecule has 1 atom stereocenters. The van der Waals surface area contributed by atoms with E-state index >= 15 is 0 Å². The third kappa shape index (κ3) is 3.39. The van der Waals surface area contributed by atoms with E-state index in [0.717, 1.165) is 35.4 Å². The van der Waals surface area contributed by atoms with Crippen molar-refractivity contribution in [3.63, 3.8) is 0 Å². The number of imidazole rings is 1. The van der Waals surface area contributed by atoms with Gasteiger partial charge in [0.05, 0.1) is 12.5 Å². The topological polar surface area (TPSA) is 62.7 Å². The number of nitrogens with one attached hydrogen (secondary N) is 2. The molecule has 2 heterocycles. The Labute approximate surface area is 154 Å². The van der Waals surface area contributed by atoms with Gasteiger partial charge in [0.25, 0.3) is 0 Å². The van der Waals surface area contributed by atoms with Crippen LogP contribution in [-0.4, -0.2) is 20.4 Å². The van der Waals surface area contributed by atoms with Crippen LogP contribution in [0.15, 0.2) is 24.5 Å². The first-order chi connectivity index (χ1) is 12.4. The fourth-order valence-corrected chi connectivity index (χ4v) is 3.71. The minimum absolute atomic E-state index is 0.0383. The maximum atomic E-state index is 12.8. The first-order valence-corrected chi connectivity index (χ1v) is 9.26. The monoisotopic (exact) mass is 352 g/mol. The van der Waals surface area contributed by atoms with E-state index in [4.69, 9.17) is 0 Å². The molecule has 26 heavy (non-hydrogen) atoms. The van der Waals surface area contributed by atoms with Crippen molar-refractivity contribution in [2.24, 2.45) is 7.05 Å². The number of hydrogen-bond acceptors (Lipinski definition) is 2. The van der Waals surface area contributed by atoms with Crippen LogP contribution in [0.4, 0.5) is 0 Å². The van der Waals surface area contributed by atoms with Gasteiger partial charge in [-0.05, 0) is 43.9 Å². The summed E-state index contributed by atoms with van der Waals surface area (Å²) in [5.74, 6) is 0.944. The Hall–Kier alpha value is -2.56.